The number of nitrogens with zero attached hydrogens (tertiary/aromatic N) is 1. The molecule has 4 aromatic rings. The molecule has 2 aromatic heterocycles. The van der Waals surface area contributed by atoms with Gasteiger partial charge in [0.25, 0.3) is 5.91 Å². The highest BCUT2D eigenvalue weighted by atomic mass is 19.4. The summed E-state index contributed by atoms with van der Waals surface area (Å²) in [7, 11) is 1.36. The fraction of sp³-hybridized carbons (Fsp3) is 0.300. The Morgan fingerprint density at radius 1 is 0.929 bits per heavy atom. The van der Waals surface area contributed by atoms with Crippen LogP contribution in [-0.4, -0.2) is 42.4 Å². The van der Waals surface area contributed by atoms with Crippen LogP contribution < -0.4 is 10.6 Å². The number of furan rings is 1. The van der Waals surface area contributed by atoms with Crippen molar-refractivity contribution in [1.29, 1.82) is 0 Å². The Morgan fingerprint density at radius 3 is 2.19 bits per heavy atom. The number of Topliss-reactive ketones (excluding diaryl/α,β-unsaturated/α-hetero) is 1. The van der Waals surface area contributed by atoms with E-state index in [0.29, 0.717) is 11.1 Å². The van der Waals surface area contributed by atoms with Crippen molar-refractivity contribution in [3.63, 3.8) is 0 Å². The molecule has 0 saturated heterocycles. The number of pyridine rings is 1. The van der Waals surface area contributed by atoms with Gasteiger partial charge in [0.2, 0.25) is 5.71 Å². The number of rotatable bonds is 8. The first kappa shape index (κ1) is 30.6. The van der Waals surface area contributed by atoms with E-state index in [9.17, 15) is 35.9 Å². The average Bonchev–Trinajstić information content (AvgIpc) is 3.28. The van der Waals surface area contributed by atoms with Gasteiger partial charge in [0.05, 0.1) is 17.5 Å². The molecule has 2 N–H and O–H groups in total. The van der Waals surface area contributed by atoms with Gasteiger partial charge in [-0.3, -0.25) is 9.59 Å². The minimum absolute atomic E-state index is 0.0139. The Hall–Kier alpha value is -4.35. The minimum atomic E-state index is -5.82. The third-order valence-corrected chi connectivity index (χ3v) is 6.32. The number of hydrogen-bond donors (Lipinski definition) is 2. The lowest BCUT2D eigenvalue weighted by atomic mass is 9.87. The molecular weight excluding hydrogens is 564 g/mol. The number of carbonyl (C=O) groups is 2. The van der Waals surface area contributed by atoms with Crippen molar-refractivity contribution in [3.05, 3.63) is 71.5 Å². The molecule has 0 fully saturated rings. The zero-order chi connectivity index (χ0) is 31.0. The van der Waals surface area contributed by atoms with E-state index in [1.54, 1.807) is 12.1 Å². The molecule has 2 heterocycles. The van der Waals surface area contributed by atoms with Crippen molar-refractivity contribution >= 4 is 28.6 Å². The first-order valence-electron chi connectivity index (χ1n) is 12.8. The number of fused-ring (bicyclic) bond motifs is 1. The summed E-state index contributed by atoms with van der Waals surface area (Å²) in [6, 6.07) is 12.5. The van der Waals surface area contributed by atoms with Crippen LogP contribution in [0.25, 0.3) is 33.6 Å². The molecule has 0 spiro atoms. The molecule has 0 radical (unpaired) electrons. The largest absolute Gasteiger partial charge is 0.455 e. The van der Waals surface area contributed by atoms with Gasteiger partial charge in [-0.1, -0.05) is 39.0 Å². The number of alkyl halides is 5. The number of carbonyl (C=O) groups excluding carboxylic acids is 2. The second-order valence-corrected chi connectivity index (χ2v) is 10.9. The van der Waals surface area contributed by atoms with Crippen LogP contribution >= 0.6 is 0 Å². The Kier molecular flexibility index (Phi) is 8.12. The zero-order valence-electron chi connectivity index (χ0n) is 23.1. The van der Waals surface area contributed by atoms with E-state index in [1.807, 2.05) is 20.8 Å². The molecule has 1 amide bonds. The summed E-state index contributed by atoms with van der Waals surface area (Å²) in [6.07, 6.45) is -5.63. The quantitative estimate of drug-likeness (QED) is 0.161. The maximum Gasteiger partial charge on any atom is 0.455 e. The fourth-order valence-corrected chi connectivity index (χ4v) is 4.27. The van der Waals surface area contributed by atoms with Gasteiger partial charge in [-0.25, -0.2) is 4.39 Å². The maximum atomic E-state index is 13.9. The summed E-state index contributed by atoms with van der Waals surface area (Å²) in [5.74, 6) is -6.87. The zero-order valence-corrected chi connectivity index (χ0v) is 23.1. The summed E-state index contributed by atoms with van der Waals surface area (Å²) >= 11 is 0. The van der Waals surface area contributed by atoms with Crippen molar-refractivity contribution < 1.29 is 40.3 Å². The molecule has 0 aliphatic carbocycles. The lowest BCUT2D eigenvalue weighted by Gasteiger charge is -2.21. The molecule has 2 aromatic carbocycles. The van der Waals surface area contributed by atoms with E-state index in [1.165, 1.54) is 37.4 Å². The van der Waals surface area contributed by atoms with Crippen molar-refractivity contribution in [1.82, 2.24) is 10.3 Å². The standard InChI is InChI=1S/C30H27F6N3O3/c1-28(2,3)14-22(40)18-7-5-6-17(12-18)20-13-21-23(26(41)37-4)24(16-8-10-19(31)11-9-16)42-27(21)39-25(20)38-15-29(32,33)30(34,35)36/h5-13H,14-15H2,1-4H3,(H,37,41)(H,38,39). The van der Waals surface area contributed by atoms with Gasteiger partial charge in [0.1, 0.15) is 17.4 Å². The molecule has 12 heteroatoms. The van der Waals surface area contributed by atoms with Gasteiger partial charge in [-0.2, -0.15) is 26.9 Å². The van der Waals surface area contributed by atoms with Crippen LogP contribution in [0.3, 0.4) is 0 Å². The van der Waals surface area contributed by atoms with Gasteiger partial charge in [0.15, 0.2) is 5.78 Å². The molecular formula is C30H27F6N3O3. The molecule has 0 unspecified atom stereocenters. The second-order valence-electron chi connectivity index (χ2n) is 10.9. The van der Waals surface area contributed by atoms with Gasteiger partial charge in [-0.15, -0.1) is 0 Å². The van der Waals surface area contributed by atoms with Gasteiger partial charge in [0, 0.05) is 30.2 Å². The summed E-state index contributed by atoms with van der Waals surface area (Å²) in [5, 5.41) is 4.67. The lowest BCUT2D eigenvalue weighted by molar-refractivity contribution is -0.275. The van der Waals surface area contributed by atoms with E-state index < -0.39 is 36.2 Å². The predicted octanol–water partition coefficient (Wildman–Crippen LogP) is 7.89. The Morgan fingerprint density at radius 2 is 1.60 bits per heavy atom. The molecule has 0 saturated carbocycles. The average molecular weight is 592 g/mol. The van der Waals surface area contributed by atoms with E-state index in [4.69, 9.17) is 4.42 Å². The van der Waals surface area contributed by atoms with Crippen molar-refractivity contribution in [3.8, 4) is 22.5 Å². The topological polar surface area (TPSA) is 84.2 Å². The first-order chi connectivity index (χ1) is 19.5. The van der Waals surface area contributed by atoms with Crippen LogP contribution in [0, 0.1) is 11.2 Å². The number of aromatic nitrogens is 1. The first-order valence-corrected chi connectivity index (χ1v) is 12.8. The number of amides is 1. The maximum absolute atomic E-state index is 13.9. The number of nitrogens with one attached hydrogen (secondary N) is 2. The molecule has 222 valence electrons. The highest BCUT2D eigenvalue weighted by Crippen LogP contribution is 2.40. The van der Waals surface area contributed by atoms with Crippen LogP contribution in [0.2, 0.25) is 0 Å². The van der Waals surface area contributed by atoms with Crippen LogP contribution in [-0.2, 0) is 0 Å². The third-order valence-electron chi connectivity index (χ3n) is 6.32. The summed E-state index contributed by atoms with van der Waals surface area (Å²) in [4.78, 5) is 30.1. The smallest absolute Gasteiger partial charge is 0.437 e. The van der Waals surface area contributed by atoms with Gasteiger partial charge >= 0.3 is 12.1 Å². The number of halogens is 6. The highest BCUT2D eigenvalue weighted by molar-refractivity contribution is 6.11. The minimum Gasteiger partial charge on any atom is -0.437 e. The molecule has 0 aliphatic rings. The Bertz CT molecular complexity index is 1640. The lowest BCUT2D eigenvalue weighted by Crippen LogP contribution is -2.42. The third kappa shape index (κ3) is 6.42. The molecule has 0 aliphatic heterocycles. The summed E-state index contributed by atoms with van der Waals surface area (Å²) < 4.78 is 86.0. The van der Waals surface area contributed by atoms with Crippen molar-refractivity contribution in [2.75, 3.05) is 18.9 Å². The van der Waals surface area contributed by atoms with Crippen LogP contribution in [0.1, 0.15) is 47.9 Å². The normalized spacial score (nSPS) is 12.4. The summed E-state index contributed by atoms with van der Waals surface area (Å²) in [6.45, 7) is 3.81. The van der Waals surface area contributed by atoms with Gasteiger partial charge in [-0.05, 0) is 47.4 Å². The van der Waals surface area contributed by atoms with Gasteiger partial charge < -0.3 is 15.1 Å². The molecule has 0 atom stereocenters. The molecule has 4 rings (SSSR count). The molecule has 0 bridgehead atoms. The highest BCUT2D eigenvalue weighted by Gasteiger charge is 2.57. The molecule has 6 nitrogen and oxygen atoms in total. The number of anilines is 1. The van der Waals surface area contributed by atoms with Crippen LogP contribution in [0.5, 0.6) is 0 Å². The van der Waals surface area contributed by atoms with E-state index >= 15 is 0 Å². The van der Waals surface area contributed by atoms with E-state index in [-0.39, 0.29) is 51.2 Å². The Balaban J connectivity index is 1.94. The predicted molar refractivity (Wildman–Crippen MR) is 146 cm³/mol. The Labute approximate surface area is 237 Å². The number of ketones is 1. The number of hydrogen-bond acceptors (Lipinski definition) is 5. The van der Waals surface area contributed by atoms with E-state index in [2.05, 4.69) is 15.6 Å². The summed E-state index contributed by atoms with van der Waals surface area (Å²) in [5.41, 5.74) is 0.313. The van der Waals surface area contributed by atoms with Crippen LogP contribution in [0.4, 0.5) is 32.2 Å². The van der Waals surface area contributed by atoms with E-state index in [0.717, 1.165) is 12.1 Å². The second kappa shape index (κ2) is 11.1. The number of benzene rings is 2. The SMILES string of the molecule is CNC(=O)c1c(-c2ccc(F)cc2)oc2nc(NCC(F)(F)C(F)(F)F)c(-c3cccc(C(=O)CC(C)(C)C)c3)cc12. The van der Waals surface area contributed by atoms with Crippen molar-refractivity contribution in [2.45, 2.75) is 39.3 Å². The van der Waals surface area contributed by atoms with Crippen molar-refractivity contribution in [2.24, 2.45) is 5.41 Å². The molecule has 42 heavy (non-hydrogen) atoms. The monoisotopic (exact) mass is 591 g/mol. The fourth-order valence-electron chi connectivity index (χ4n) is 4.27. The van der Waals surface area contributed by atoms with Crippen LogP contribution in [0.15, 0.2) is 59.0 Å².